The Bertz CT molecular complexity index is 955. The highest BCUT2D eigenvalue weighted by molar-refractivity contribution is 5.83. The average Bonchev–Trinajstić information content (AvgIpc) is 3.31. The highest BCUT2D eigenvalue weighted by atomic mass is 16.3. The molecule has 11 heteroatoms. The first-order chi connectivity index (χ1) is 15.0. The number of nitrogens with two attached hydrogens (primary N) is 1. The van der Waals surface area contributed by atoms with Crippen LogP contribution in [0.5, 0.6) is 0 Å². The number of aromatic nitrogens is 4. The van der Waals surface area contributed by atoms with E-state index in [2.05, 4.69) is 30.8 Å². The first-order valence-electron chi connectivity index (χ1n) is 10.9. The van der Waals surface area contributed by atoms with Crippen molar-refractivity contribution in [3.8, 4) is 0 Å². The minimum atomic E-state index is -1.09. The van der Waals surface area contributed by atoms with Crippen LogP contribution >= 0.6 is 0 Å². The van der Waals surface area contributed by atoms with Crippen LogP contribution in [0.15, 0.2) is 11.4 Å². The maximum atomic E-state index is 11.7. The number of nitrogen functional groups attached to an aromatic ring is 1. The van der Waals surface area contributed by atoms with Crippen LogP contribution in [0.3, 0.4) is 0 Å². The van der Waals surface area contributed by atoms with Gasteiger partial charge in [0.05, 0.1) is 18.4 Å². The van der Waals surface area contributed by atoms with Crippen molar-refractivity contribution in [1.29, 1.82) is 0 Å². The van der Waals surface area contributed by atoms with Gasteiger partial charge >= 0.3 is 0 Å². The summed E-state index contributed by atoms with van der Waals surface area (Å²) in [4.78, 5) is 24.7. The molecule has 0 saturated heterocycles. The topological polar surface area (TPSA) is 164 Å². The van der Waals surface area contributed by atoms with Crippen molar-refractivity contribution >= 4 is 35.1 Å². The lowest BCUT2D eigenvalue weighted by molar-refractivity contribution is -0.122. The molecule has 168 valence electrons. The zero-order chi connectivity index (χ0) is 22.0. The lowest BCUT2D eigenvalue weighted by atomic mass is 9.90. The second-order valence-corrected chi connectivity index (χ2v) is 8.36. The highest BCUT2D eigenvalue weighted by Crippen LogP contribution is 2.34. The van der Waals surface area contributed by atoms with Gasteiger partial charge in [0.25, 0.3) is 0 Å². The number of hydrogen-bond donors (Lipinski definition) is 5. The average molecular weight is 431 g/mol. The summed E-state index contributed by atoms with van der Waals surface area (Å²) < 4.78 is 1.68. The summed E-state index contributed by atoms with van der Waals surface area (Å²) >= 11 is 0. The summed E-state index contributed by atoms with van der Waals surface area (Å²) in [6, 6.07) is -1.07. The highest BCUT2D eigenvalue weighted by Gasteiger charge is 2.43. The monoisotopic (exact) mass is 430 g/mol. The lowest BCUT2D eigenvalue weighted by Crippen LogP contribution is -2.42. The SMILES string of the molecule is CCC(=O)N[C@H]1C[C@@H](n2cnc3c(N)nc(N/N=C/C4CCCCC4)nc32)[C@H](O)[C@@H]1O. The molecule has 2 aromatic heterocycles. The maximum absolute atomic E-state index is 11.7. The van der Waals surface area contributed by atoms with Gasteiger partial charge in [0.15, 0.2) is 11.5 Å². The summed E-state index contributed by atoms with van der Waals surface area (Å²) in [5, 5.41) is 28.1. The molecule has 0 unspecified atom stereocenters. The minimum absolute atomic E-state index is 0.179. The quantitative estimate of drug-likeness (QED) is 0.334. The molecule has 31 heavy (non-hydrogen) atoms. The number of nitrogens with zero attached hydrogens (tertiary/aromatic N) is 5. The Morgan fingerprint density at radius 3 is 2.81 bits per heavy atom. The van der Waals surface area contributed by atoms with E-state index in [4.69, 9.17) is 5.73 Å². The third-order valence-electron chi connectivity index (χ3n) is 6.22. The molecule has 4 atom stereocenters. The summed E-state index contributed by atoms with van der Waals surface area (Å²) in [5.74, 6) is 0.713. The molecule has 2 saturated carbocycles. The number of amides is 1. The molecule has 0 aromatic carbocycles. The Kier molecular flexibility index (Phi) is 6.33. The van der Waals surface area contributed by atoms with Crippen LogP contribution < -0.4 is 16.5 Å². The van der Waals surface area contributed by atoms with Gasteiger partial charge in [-0.25, -0.2) is 10.4 Å². The zero-order valence-corrected chi connectivity index (χ0v) is 17.6. The van der Waals surface area contributed by atoms with Crippen molar-refractivity contribution in [2.45, 2.75) is 76.2 Å². The first-order valence-corrected chi connectivity index (χ1v) is 10.9. The van der Waals surface area contributed by atoms with Crippen molar-refractivity contribution in [2.24, 2.45) is 11.0 Å². The summed E-state index contributed by atoms with van der Waals surface area (Å²) in [6.45, 7) is 1.74. The van der Waals surface area contributed by atoms with Crippen molar-refractivity contribution in [3.05, 3.63) is 6.33 Å². The number of anilines is 2. The second kappa shape index (κ2) is 9.15. The lowest BCUT2D eigenvalue weighted by Gasteiger charge is -2.18. The molecule has 11 nitrogen and oxygen atoms in total. The predicted molar refractivity (Wildman–Crippen MR) is 116 cm³/mol. The van der Waals surface area contributed by atoms with E-state index in [-0.39, 0.29) is 17.7 Å². The van der Waals surface area contributed by atoms with Gasteiger partial charge in [-0.3, -0.25) is 4.79 Å². The van der Waals surface area contributed by atoms with E-state index in [0.717, 1.165) is 12.8 Å². The Morgan fingerprint density at radius 2 is 2.06 bits per heavy atom. The molecule has 0 aliphatic heterocycles. The number of carbonyl (C=O) groups is 1. The van der Waals surface area contributed by atoms with Gasteiger partial charge in [0, 0.05) is 12.6 Å². The van der Waals surface area contributed by atoms with Gasteiger partial charge in [-0.05, 0) is 25.2 Å². The van der Waals surface area contributed by atoms with Gasteiger partial charge in [0.2, 0.25) is 11.9 Å². The van der Waals surface area contributed by atoms with Gasteiger partial charge < -0.3 is 25.8 Å². The van der Waals surface area contributed by atoms with Crippen LogP contribution in [-0.4, -0.2) is 60.1 Å². The second-order valence-electron chi connectivity index (χ2n) is 8.36. The fourth-order valence-electron chi connectivity index (χ4n) is 4.45. The van der Waals surface area contributed by atoms with Gasteiger partial charge in [-0.15, -0.1) is 0 Å². The smallest absolute Gasteiger partial charge is 0.247 e. The third-order valence-corrected chi connectivity index (χ3v) is 6.22. The molecule has 0 radical (unpaired) electrons. The number of aliphatic hydroxyl groups is 2. The van der Waals surface area contributed by atoms with Gasteiger partial charge in [-0.1, -0.05) is 26.2 Å². The standard InChI is InChI=1S/C20H30N8O3/c1-2-14(29)24-12-8-13(17(31)16(12)30)28-10-22-15-18(21)25-20(26-19(15)28)27-23-9-11-6-4-3-5-7-11/h9-13,16-17,30-31H,2-8H2,1H3,(H,24,29)(H3,21,25,26,27)/b23-9+/t12-,13+,16+,17-/m0/s1. The summed E-state index contributed by atoms with van der Waals surface area (Å²) in [6.07, 6.45) is 7.89. The normalized spacial score (nSPS) is 27.2. The molecule has 0 bridgehead atoms. The van der Waals surface area contributed by atoms with Crippen LogP contribution in [0.4, 0.5) is 11.8 Å². The number of nitrogens with one attached hydrogen (secondary N) is 2. The Labute approximate surface area is 180 Å². The van der Waals surface area contributed by atoms with E-state index in [1.165, 1.54) is 25.6 Å². The number of hydrazone groups is 1. The molecule has 6 N–H and O–H groups in total. The number of imidazole rings is 1. The van der Waals surface area contributed by atoms with Crippen molar-refractivity contribution in [3.63, 3.8) is 0 Å². The molecular formula is C20H30N8O3. The predicted octanol–water partition coefficient (Wildman–Crippen LogP) is 0.948. The molecule has 2 aromatic rings. The van der Waals surface area contributed by atoms with Gasteiger partial charge in [0.1, 0.15) is 17.7 Å². The molecule has 2 fully saturated rings. The fourth-order valence-corrected chi connectivity index (χ4v) is 4.45. The summed E-state index contributed by atoms with van der Waals surface area (Å²) in [5.41, 5.74) is 9.76. The molecule has 1 amide bonds. The minimum Gasteiger partial charge on any atom is -0.388 e. The largest absolute Gasteiger partial charge is 0.388 e. The molecule has 2 heterocycles. The van der Waals surface area contributed by atoms with Crippen LogP contribution in [0.1, 0.15) is 57.9 Å². The van der Waals surface area contributed by atoms with Crippen molar-refractivity contribution in [2.75, 3.05) is 11.2 Å². The van der Waals surface area contributed by atoms with Crippen molar-refractivity contribution < 1.29 is 15.0 Å². The van der Waals surface area contributed by atoms with Crippen LogP contribution in [-0.2, 0) is 4.79 Å². The maximum Gasteiger partial charge on any atom is 0.247 e. The van der Waals surface area contributed by atoms with E-state index in [0.29, 0.717) is 29.9 Å². The van der Waals surface area contributed by atoms with Crippen LogP contribution in [0.2, 0.25) is 0 Å². The van der Waals surface area contributed by atoms with E-state index in [1.54, 1.807) is 11.5 Å². The number of fused-ring (bicyclic) bond motifs is 1. The molecule has 2 aliphatic carbocycles. The van der Waals surface area contributed by atoms with Crippen LogP contribution in [0.25, 0.3) is 11.2 Å². The van der Waals surface area contributed by atoms with Gasteiger partial charge in [-0.2, -0.15) is 15.1 Å². The molecule has 4 rings (SSSR count). The number of carbonyl (C=O) groups excluding carboxylic acids is 1. The molecule has 2 aliphatic rings. The zero-order valence-electron chi connectivity index (χ0n) is 17.6. The van der Waals surface area contributed by atoms with E-state index < -0.39 is 24.3 Å². The first kappa shape index (κ1) is 21.4. The van der Waals surface area contributed by atoms with E-state index >= 15 is 0 Å². The Hall–Kier alpha value is -2.79. The van der Waals surface area contributed by atoms with Crippen LogP contribution in [0, 0.1) is 5.92 Å². The number of hydrogen-bond acceptors (Lipinski definition) is 9. The number of aliphatic hydroxyl groups excluding tert-OH is 2. The van der Waals surface area contributed by atoms with E-state index in [1.807, 2.05) is 6.21 Å². The Balaban J connectivity index is 1.54. The Morgan fingerprint density at radius 1 is 1.29 bits per heavy atom. The fraction of sp³-hybridized carbons (Fsp3) is 0.650. The summed E-state index contributed by atoms with van der Waals surface area (Å²) in [7, 11) is 0. The van der Waals surface area contributed by atoms with E-state index in [9.17, 15) is 15.0 Å². The number of rotatable bonds is 6. The third kappa shape index (κ3) is 4.47. The van der Waals surface area contributed by atoms with Crippen molar-refractivity contribution in [1.82, 2.24) is 24.8 Å². The molecule has 0 spiro atoms. The molecular weight excluding hydrogens is 400 g/mol.